The van der Waals surface area contributed by atoms with Gasteiger partial charge >= 0.3 is 0 Å². The molecule has 0 aliphatic rings. The zero-order valence-corrected chi connectivity index (χ0v) is 22.5. The van der Waals surface area contributed by atoms with E-state index < -0.39 is 11.8 Å². The Morgan fingerprint density at radius 2 is 1.52 bits per heavy atom. The van der Waals surface area contributed by atoms with E-state index in [1.54, 1.807) is 97.1 Å². The Labute approximate surface area is 238 Å². The van der Waals surface area contributed by atoms with E-state index in [0.29, 0.717) is 39.8 Å². The van der Waals surface area contributed by atoms with Gasteiger partial charge in [0.05, 0.1) is 6.61 Å². The summed E-state index contributed by atoms with van der Waals surface area (Å²) in [5, 5.41) is 6.09. The van der Waals surface area contributed by atoms with Crippen molar-refractivity contribution in [3.05, 3.63) is 142 Å². The fourth-order valence-corrected chi connectivity index (χ4v) is 3.93. The van der Waals surface area contributed by atoms with Gasteiger partial charge < -0.3 is 15.4 Å². The average Bonchev–Trinajstić information content (AvgIpc) is 2.97. The molecule has 0 aromatic heterocycles. The van der Waals surface area contributed by atoms with Crippen LogP contribution in [-0.4, -0.2) is 24.2 Å². The van der Waals surface area contributed by atoms with E-state index in [0.717, 1.165) is 5.56 Å². The monoisotopic (exact) mass is 550 g/mol. The highest BCUT2D eigenvalue weighted by molar-refractivity contribution is 6.30. The van der Waals surface area contributed by atoms with Gasteiger partial charge in [-0.2, -0.15) is 0 Å². The van der Waals surface area contributed by atoms with Crippen molar-refractivity contribution in [3.8, 4) is 5.75 Å². The molecule has 7 heteroatoms. The van der Waals surface area contributed by atoms with Gasteiger partial charge in [0.15, 0.2) is 5.78 Å². The normalized spacial score (nSPS) is 11.2. The summed E-state index contributed by atoms with van der Waals surface area (Å²) < 4.78 is 5.48. The maximum absolute atomic E-state index is 13.3. The fourth-order valence-electron chi connectivity index (χ4n) is 3.73. The number of benzene rings is 4. The van der Waals surface area contributed by atoms with E-state index in [4.69, 9.17) is 16.3 Å². The third kappa shape index (κ3) is 8.03. The molecule has 4 aromatic rings. The van der Waals surface area contributed by atoms with Crippen LogP contribution in [0.25, 0.3) is 12.2 Å². The van der Waals surface area contributed by atoms with Crippen molar-refractivity contribution in [1.82, 2.24) is 5.32 Å². The van der Waals surface area contributed by atoms with Gasteiger partial charge in [-0.15, -0.1) is 0 Å². The molecule has 200 valence electrons. The van der Waals surface area contributed by atoms with Gasteiger partial charge in [0.25, 0.3) is 11.8 Å². The van der Waals surface area contributed by atoms with E-state index in [1.165, 1.54) is 6.08 Å². The van der Waals surface area contributed by atoms with E-state index in [2.05, 4.69) is 10.6 Å². The zero-order valence-electron chi connectivity index (χ0n) is 21.8. The van der Waals surface area contributed by atoms with Crippen molar-refractivity contribution in [2.45, 2.75) is 6.92 Å². The molecule has 0 spiro atoms. The standard InChI is InChI=1S/C33H27ClN2O4/c1-2-40-29-18-11-24(12-19-29)22-30(36-32(38)26-8-4-3-5-9-26)33(39)35-28-16-14-25(15-17-28)31(37)20-13-23-7-6-10-27(34)21-23/h3-22H,2H2,1H3,(H,35,39)(H,36,38)/b20-13+,30-22-. The van der Waals surface area contributed by atoms with Crippen LogP contribution in [0.1, 0.15) is 38.8 Å². The summed E-state index contributed by atoms with van der Waals surface area (Å²) >= 11 is 5.99. The first-order chi connectivity index (χ1) is 19.4. The summed E-state index contributed by atoms with van der Waals surface area (Å²) in [6.45, 7) is 2.44. The van der Waals surface area contributed by atoms with Crippen LogP contribution in [0.5, 0.6) is 5.75 Å². The predicted molar refractivity (Wildman–Crippen MR) is 159 cm³/mol. The molecule has 4 aromatic carbocycles. The van der Waals surface area contributed by atoms with Crippen LogP contribution in [0.2, 0.25) is 5.02 Å². The molecule has 2 N–H and O–H groups in total. The Balaban J connectivity index is 1.49. The number of hydrogen-bond acceptors (Lipinski definition) is 4. The number of amides is 2. The molecule has 6 nitrogen and oxygen atoms in total. The molecule has 2 amide bonds. The summed E-state index contributed by atoms with van der Waals surface area (Å²) in [6.07, 6.45) is 4.75. The lowest BCUT2D eigenvalue weighted by atomic mass is 10.1. The van der Waals surface area contributed by atoms with E-state index >= 15 is 0 Å². The number of carbonyl (C=O) groups excluding carboxylic acids is 3. The van der Waals surface area contributed by atoms with Crippen LogP contribution in [0, 0.1) is 0 Å². The van der Waals surface area contributed by atoms with Crippen molar-refractivity contribution in [3.63, 3.8) is 0 Å². The average molecular weight is 551 g/mol. The smallest absolute Gasteiger partial charge is 0.272 e. The molecule has 0 heterocycles. The Bertz CT molecular complexity index is 1540. The SMILES string of the molecule is CCOc1ccc(/C=C(\NC(=O)c2ccccc2)C(=O)Nc2ccc(C(=O)/C=C/c3cccc(Cl)c3)cc2)cc1. The lowest BCUT2D eigenvalue weighted by Crippen LogP contribution is -2.30. The quantitative estimate of drug-likeness (QED) is 0.164. The van der Waals surface area contributed by atoms with Gasteiger partial charge in [0.1, 0.15) is 11.4 Å². The Morgan fingerprint density at radius 3 is 2.20 bits per heavy atom. The number of nitrogens with one attached hydrogen (secondary N) is 2. The zero-order chi connectivity index (χ0) is 28.3. The molecule has 0 fully saturated rings. The van der Waals surface area contributed by atoms with Gasteiger partial charge in [0, 0.05) is 21.8 Å². The fraction of sp³-hybridized carbons (Fsp3) is 0.0606. The van der Waals surface area contributed by atoms with Crippen LogP contribution in [0.4, 0.5) is 5.69 Å². The second-order valence-corrected chi connectivity index (χ2v) is 9.10. The van der Waals surface area contributed by atoms with Gasteiger partial charge in [0.2, 0.25) is 0 Å². The van der Waals surface area contributed by atoms with E-state index in [1.807, 2.05) is 25.1 Å². The van der Waals surface area contributed by atoms with Gasteiger partial charge in [-0.25, -0.2) is 0 Å². The largest absolute Gasteiger partial charge is 0.494 e. The molecule has 0 radical (unpaired) electrons. The second kappa shape index (κ2) is 13.7. The van der Waals surface area contributed by atoms with Crippen molar-refractivity contribution in [2.75, 3.05) is 11.9 Å². The minimum Gasteiger partial charge on any atom is -0.494 e. The molecule has 0 aliphatic carbocycles. The predicted octanol–water partition coefficient (Wildman–Crippen LogP) is 7.04. The number of allylic oxidation sites excluding steroid dienone is 1. The van der Waals surface area contributed by atoms with Crippen LogP contribution < -0.4 is 15.4 Å². The number of ketones is 1. The first kappa shape index (κ1) is 28.1. The number of hydrogen-bond donors (Lipinski definition) is 2. The van der Waals surface area contributed by atoms with Crippen LogP contribution >= 0.6 is 11.6 Å². The topological polar surface area (TPSA) is 84.5 Å². The summed E-state index contributed by atoms with van der Waals surface area (Å²) in [4.78, 5) is 38.7. The number of rotatable bonds is 10. The Kier molecular flexibility index (Phi) is 9.64. The van der Waals surface area contributed by atoms with Crippen LogP contribution in [0.15, 0.2) is 115 Å². The first-order valence-corrected chi connectivity index (χ1v) is 13.0. The highest BCUT2D eigenvalue weighted by Gasteiger charge is 2.15. The molecule has 0 atom stereocenters. The third-order valence-corrected chi connectivity index (χ3v) is 5.97. The molecular formula is C33H27ClN2O4. The number of carbonyl (C=O) groups is 3. The molecule has 0 saturated heterocycles. The van der Waals surface area contributed by atoms with Crippen molar-refractivity contribution in [1.29, 1.82) is 0 Å². The number of anilines is 1. The minimum atomic E-state index is -0.516. The number of halogens is 1. The first-order valence-electron chi connectivity index (χ1n) is 12.6. The highest BCUT2D eigenvalue weighted by atomic mass is 35.5. The van der Waals surface area contributed by atoms with Crippen LogP contribution in [0.3, 0.4) is 0 Å². The van der Waals surface area contributed by atoms with Crippen LogP contribution in [-0.2, 0) is 4.79 Å². The molecule has 0 bridgehead atoms. The molecule has 4 rings (SSSR count). The Hall–Kier alpha value is -4.94. The van der Waals surface area contributed by atoms with E-state index in [-0.39, 0.29) is 11.5 Å². The maximum atomic E-state index is 13.3. The lowest BCUT2D eigenvalue weighted by molar-refractivity contribution is -0.113. The van der Waals surface area contributed by atoms with Crippen molar-refractivity contribution in [2.24, 2.45) is 0 Å². The molecular weight excluding hydrogens is 524 g/mol. The minimum absolute atomic E-state index is 0.0580. The lowest BCUT2D eigenvalue weighted by Gasteiger charge is -2.12. The van der Waals surface area contributed by atoms with Crippen molar-refractivity contribution < 1.29 is 19.1 Å². The molecule has 0 unspecified atom stereocenters. The molecule has 40 heavy (non-hydrogen) atoms. The maximum Gasteiger partial charge on any atom is 0.272 e. The van der Waals surface area contributed by atoms with Crippen molar-refractivity contribution >= 4 is 47.0 Å². The summed E-state index contributed by atoms with van der Waals surface area (Å²) in [5.74, 6) is -0.418. The van der Waals surface area contributed by atoms with Gasteiger partial charge in [-0.3, -0.25) is 14.4 Å². The summed E-state index contributed by atoms with van der Waals surface area (Å²) in [7, 11) is 0. The second-order valence-electron chi connectivity index (χ2n) is 8.66. The highest BCUT2D eigenvalue weighted by Crippen LogP contribution is 2.17. The van der Waals surface area contributed by atoms with E-state index in [9.17, 15) is 14.4 Å². The van der Waals surface area contributed by atoms with Gasteiger partial charge in [-0.05, 0) is 90.9 Å². The Morgan fingerprint density at radius 1 is 0.800 bits per heavy atom. The number of ether oxygens (including phenoxy) is 1. The molecule has 0 saturated carbocycles. The summed E-state index contributed by atoms with van der Waals surface area (Å²) in [5.41, 5.74) is 2.92. The molecule has 0 aliphatic heterocycles. The summed E-state index contributed by atoms with van der Waals surface area (Å²) in [6, 6.07) is 29.5. The van der Waals surface area contributed by atoms with Gasteiger partial charge in [-0.1, -0.05) is 60.1 Å². The third-order valence-electron chi connectivity index (χ3n) is 5.73.